The Bertz CT molecular complexity index is 1020. The molecule has 0 unspecified atom stereocenters. The van der Waals surface area contributed by atoms with Crippen LogP contribution in [0.4, 0.5) is 0 Å². The summed E-state index contributed by atoms with van der Waals surface area (Å²) in [4.78, 5) is 7.04. The number of nitrogens with one attached hydrogen (secondary N) is 2. The zero-order valence-electron chi connectivity index (χ0n) is 11.9. The first-order valence-electron chi connectivity index (χ1n) is 7.13. The van der Waals surface area contributed by atoms with Crippen LogP contribution >= 0.6 is 0 Å². The lowest BCUT2D eigenvalue weighted by Crippen LogP contribution is -1.73. The Kier molecular flexibility index (Phi) is 2.51. The predicted octanol–water partition coefficient (Wildman–Crippen LogP) is 5.72. The van der Waals surface area contributed by atoms with Gasteiger partial charge in [-0.3, -0.25) is 0 Å². The number of para-hydroxylation sites is 1. The number of hydrogen-bond acceptors (Lipinski definition) is 0. The van der Waals surface area contributed by atoms with Gasteiger partial charge in [0.1, 0.15) is 0 Å². The standard InChI is InChI=1S/C19H16N2.H2/c1-3-7-12-14-10-11-15-13-8-5-6-9-17(13)21-19(15)18(14)20-16(12)4-2;/h3-11,20-21H,2H2,1H3;1H/b7-3-;. The van der Waals surface area contributed by atoms with Crippen molar-refractivity contribution in [3.8, 4) is 0 Å². The second-order valence-corrected chi connectivity index (χ2v) is 5.24. The summed E-state index contributed by atoms with van der Waals surface area (Å²) < 4.78 is 0. The Balaban J connectivity index is 0.00000144. The van der Waals surface area contributed by atoms with E-state index in [1.807, 2.05) is 13.0 Å². The van der Waals surface area contributed by atoms with Gasteiger partial charge in [-0.05, 0) is 19.1 Å². The largest absolute Gasteiger partial charge is 0.353 e. The van der Waals surface area contributed by atoms with Gasteiger partial charge in [0, 0.05) is 34.4 Å². The minimum absolute atomic E-state index is 0. The molecule has 0 spiro atoms. The molecule has 2 nitrogen and oxygen atoms in total. The molecular formula is C19H18N2. The quantitative estimate of drug-likeness (QED) is 0.468. The fourth-order valence-electron chi connectivity index (χ4n) is 3.13. The number of hydrogen-bond donors (Lipinski definition) is 2. The number of rotatable bonds is 2. The molecule has 0 bridgehead atoms. The van der Waals surface area contributed by atoms with Crippen LogP contribution < -0.4 is 0 Å². The van der Waals surface area contributed by atoms with Gasteiger partial charge in [-0.1, -0.05) is 49.1 Å². The topological polar surface area (TPSA) is 31.6 Å². The molecule has 2 heterocycles. The minimum atomic E-state index is 0. The molecule has 21 heavy (non-hydrogen) atoms. The van der Waals surface area contributed by atoms with E-state index in [9.17, 15) is 0 Å². The molecular weight excluding hydrogens is 256 g/mol. The Morgan fingerprint density at radius 2 is 1.71 bits per heavy atom. The van der Waals surface area contributed by atoms with Gasteiger partial charge in [-0.15, -0.1) is 0 Å². The molecule has 0 saturated carbocycles. The summed E-state index contributed by atoms with van der Waals surface area (Å²) in [5.41, 5.74) is 5.74. The van der Waals surface area contributed by atoms with E-state index in [1.54, 1.807) is 0 Å². The van der Waals surface area contributed by atoms with Crippen molar-refractivity contribution in [3.05, 3.63) is 60.3 Å². The third-order valence-electron chi connectivity index (χ3n) is 4.06. The van der Waals surface area contributed by atoms with Crippen LogP contribution in [0.1, 0.15) is 19.6 Å². The van der Waals surface area contributed by atoms with Gasteiger partial charge < -0.3 is 9.97 Å². The Morgan fingerprint density at radius 3 is 2.52 bits per heavy atom. The second kappa shape index (κ2) is 4.38. The van der Waals surface area contributed by atoms with Crippen LogP contribution in [-0.4, -0.2) is 9.97 Å². The molecule has 2 aromatic carbocycles. The first-order valence-corrected chi connectivity index (χ1v) is 7.13. The van der Waals surface area contributed by atoms with E-state index in [1.165, 1.54) is 27.2 Å². The fraction of sp³-hybridized carbons (Fsp3) is 0.0526. The van der Waals surface area contributed by atoms with Crippen molar-refractivity contribution in [1.82, 2.24) is 9.97 Å². The molecule has 0 atom stereocenters. The van der Waals surface area contributed by atoms with Gasteiger partial charge in [0.15, 0.2) is 0 Å². The highest BCUT2D eigenvalue weighted by molar-refractivity contribution is 6.17. The zero-order chi connectivity index (χ0) is 14.4. The van der Waals surface area contributed by atoms with Crippen molar-refractivity contribution in [1.29, 1.82) is 0 Å². The Morgan fingerprint density at radius 1 is 0.952 bits per heavy atom. The van der Waals surface area contributed by atoms with Crippen LogP contribution in [0.15, 0.2) is 49.1 Å². The van der Waals surface area contributed by atoms with E-state index in [0.29, 0.717) is 0 Å². The zero-order valence-corrected chi connectivity index (χ0v) is 11.9. The van der Waals surface area contributed by atoms with Crippen molar-refractivity contribution in [3.63, 3.8) is 0 Å². The molecule has 0 aliphatic heterocycles. The average Bonchev–Trinajstić information content (AvgIpc) is 3.06. The maximum atomic E-state index is 3.92. The molecule has 0 fully saturated rings. The first kappa shape index (κ1) is 12.0. The molecule has 2 aromatic heterocycles. The van der Waals surface area contributed by atoms with Crippen LogP contribution in [0.3, 0.4) is 0 Å². The van der Waals surface area contributed by atoms with E-state index in [0.717, 1.165) is 16.7 Å². The fourth-order valence-corrected chi connectivity index (χ4v) is 3.13. The number of aromatic nitrogens is 2. The summed E-state index contributed by atoms with van der Waals surface area (Å²) in [6.07, 6.45) is 6.07. The monoisotopic (exact) mass is 274 g/mol. The van der Waals surface area contributed by atoms with Gasteiger partial charge in [0.05, 0.1) is 11.0 Å². The summed E-state index contributed by atoms with van der Waals surface area (Å²) in [5.74, 6) is 0. The number of aromatic amines is 2. The van der Waals surface area contributed by atoms with Crippen molar-refractivity contribution in [2.45, 2.75) is 6.92 Å². The predicted molar refractivity (Wildman–Crippen MR) is 94.6 cm³/mol. The maximum absolute atomic E-state index is 3.92. The lowest BCUT2D eigenvalue weighted by Gasteiger charge is -1.95. The average molecular weight is 274 g/mol. The maximum Gasteiger partial charge on any atom is 0.0710 e. The van der Waals surface area contributed by atoms with Crippen LogP contribution in [-0.2, 0) is 0 Å². The first-order chi connectivity index (χ1) is 10.3. The van der Waals surface area contributed by atoms with Gasteiger partial charge in [0.2, 0.25) is 0 Å². The van der Waals surface area contributed by atoms with E-state index < -0.39 is 0 Å². The minimum Gasteiger partial charge on any atom is -0.353 e. The van der Waals surface area contributed by atoms with Gasteiger partial charge in [0.25, 0.3) is 0 Å². The molecule has 0 aliphatic rings. The lowest BCUT2D eigenvalue weighted by molar-refractivity contribution is 1.42. The second-order valence-electron chi connectivity index (χ2n) is 5.24. The Hall–Kier alpha value is -2.74. The summed E-state index contributed by atoms with van der Waals surface area (Å²) in [6.45, 7) is 5.95. The summed E-state index contributed by atoms with van der Waals surface area (Å²) in [7, 11) is 0. The SMILES string of the molecule is C=Cc1[nH]c2c(ccc3c4ccccc4[nH]c32)c1/C=C\C.[HH]. The highest BCUT2D eigenvalue weighted by Crippen LogP contribution is 2.34. The Labute approximate surface area is 124 Å². The number of allylic oxidation sites excluding steroid dienone is 1. The molecule has 4 rings (SSSR count). The molecule has 104 valence electrons. The highest BCUT2D eigenvalue weighted by atomic mass is 14.8. The van der Waals surface area contributed by atoms with Gasteiger partial charge in [-0.25, -0.2) is 0 Å². The van der Waals surface area contributed by atoms with Gasteiger partial charge in [-0.2, -0.15) is 0 Å². The summed E-state index contributed by atoms with van der Waals surface area (Å²) >= 11 is 0. The number of fused-ring (bicyclic) bond motifs is 5. The number of H-pyrrole nitrogens is 2. The van der Waals surface area contributed by atoms with E-state index in [2.05, 4.69) is 65.1 Å². The smallest absolute Gasteiger partial charge is 0.0710 e. The molecule has 0 aliphatic carbocycles. The molecule has 0 amide bonds. The normalized spacial score (nSPS) is 12.0. The van der Waals surface area contributed by atoms with Crippen LogP contribution in [0.2, 0.25) is 0 Å². The highest BCUT2D eigenvalue weighted by Gasteiger charge is 2.12. The third-order valence-corrected chi connectivity index (χ3v) is 4.06. The van der Waals surface area contributed by atoms with E-state index in [-0.39, 0.29) is 1.43 Å². The van der Waals surface area contributed by atoms with Crippen molar-refractivity contribution in [2.24, 2.45) is 0 Å². The summed E-state index contributed by atoms with van der Waals surface area (Å²) in [5, 5.41) is 3.74. The van der Waals surface area contributed by atoms with Crippen molar-refractivity contribution >= 4 is 44.9 Å². The third kappa shape index (κ3) is 1.59. The lowest BCUT2D eigenvalue weighted by atomic mass is 10.1. The molecule has 0 radical (unpaired) electrons. The molecule has 2 N–H and O–H groups in total. The molecule has 0 saturated heterocycles. The van der Waals surface area contributed by atoms with E-state index >= 15 is 0 Å². The summed E-state index contributed by atoms with van der Waals surface area (Å²) in [6, 6.07) is 12.8. The number of benzene rings is 2. The molecule has 2 heteroatoms. The van der Waals surface area contributed by atoms with Crippen LogP contribution in [0.5, 0.6) is 0 Å². The van der Waals surface area contributed by atoms with Crippen molar-refractivity contribution in [2.75, 3.05) is 0 Å². The molecule has 4 aromatic rings. The van der Waals surface area contributed by atoms with Crippen molar-refractivity contribution < 1.29 is 1.43 Å². The van der Waals surface area contributed by atoms with Crippen LogP contribution in [0, 0.1) is 0 Å². The van der Waals surface area contributed by atoms with E-state index in [4.69, 9.17) is 0 Å². The van der Waals surface area contributed by atoms with Gasteiger partial charge >= 0.3 is 0 Å². The van der Waals surface area contributed by atoms with Crippen LogP contribution in [0.25, 0.3) is 44.9 Å².